The lowest BCUT2D eigenvalue weighted by atomic mass is 9.91. The van der Waals surface area contributed by atoms with Crippen molar-refractivity contribution in [3.63, 3.8) is 0 Å². The van der Waals surface area contributed by atoms with Gasteiger partial charge in [-0.05, 0) is 174 Å². The molecule has 0 bridgehead atoms. The van der Waals surface area contributed by atoms with Gasteiger partial charge in [0.05, 0.1) is 58.3 Å². The summed E-state index contributed by atoms with van der Waals surface area (Å²) in [6.07, 6.45) is 19.2. The van der Waals surface area contributed by atoms with Gasteiger partial charge in [0, 0.05) is 51.4 Å². The van der Waals surface area contributed by atoms with E-state index in [-0.39, 0.29) is 67.0 Å². The third-order valence-electron chi connectivity index (χ3n) is 11.7. The summed E-state index contributed by atoms with van der Waals surface area (Å²) < 4.78 is 42.1. The van der Waals surface area contributed by atoms with Crippen LogP contribution in [0.2, 0.25) is 0 Å². The van der Waals surface area contributed by atoms with Crippen molar-refractivity contribution in [2.24, 2.45) is 5.41 Å². The van der Waals surface area contributed by atoms with Gasteiger partial charge in [-0.25, -0.2) is 0 Å². The molecule has 0 heterocycles. The number of ether oxygens (including phenoxy) is 8. The molecule has 416 valence electrons. The van der Waals surface area contributed by atoms with E-state index in [0.717, 1.165) is 51.4 Å². The Morgan fingerprint density at radius 1 is 0.278 bits per heavy atom. The molecular formula is C54H92O18. The van der Waals surface area contributed by atoms with Crippen LogP contribution in [0.5, 0.6) is 0 Å². The van der Waals surface area contributed by atoms with Crippen LogP contribution >= 0.6 is 0 Å². The molecule has 0 unspecified atom stereocenters. The van der Waals surface area contributed by atoms with Crippen molar-refractivity contribution in [2.45, 2.75) is 233 Å². The fourth-order valence-corrected chi connectivity index (χ4v) is 6.70. The molecule has 72 heavy (non-hydrogen) atoms. The van der Waals surface area contributed by atoms with Crippen LogP contribution in [0, 0.1) is 5.41 Å². The van der Waals surface area contributed by atoms with Crippen LogP contribution in [0.1, 0.15) is 233 Å². The highest BCUT2D eigenvalue weighted by Gasteiger charge is 2.26. The molecule has 0 aromatic heterocycles. The Kier molecular flexibility index (Phi) is 44.1. The Hall–Kier alpha value is -4.77. The van der Waals surface area contributed by atoms with Gasteiger partial charge in [0.1, 0.15) is 0 Å². The number of carboxylic acid groups (broad SMARTS) is 1. The fraction of sp³-hybridized carbons (Fsp3) is 0.833. The number of esters is 8. The average Bonchev–Trinajstić information content (AvgIpc) is 3.34. The summed E-state index contributed by atoms with van der Waals surface area (Å²) in [4.78, 5) is 106. The van der Waals surface area contributed by atoms with E-state index >= 15 is 0 Å². The van der Waals surface area contributed by atoms with Crippen LogP contribution in [0.4, 0.5) is 0 Å². The van der Waals surface area contributed by atoms with Gasteiger partial charge >= 0.3 is 53.7 Å². The van der Waals surface area contributed by atoms with Gasteiger partial charge < -0.3 is 43.0 Å². The highest BCUT2D eigenvalue weighted by molar-refractivity contribution is 5.76. The maximum absolute atomic E-state index is 12.0. The van der Waals surface area contributed by atoms with Crippen molar-refractivity contribution in [3.05, 3.63) is 0 Å². The topological polar surface area (TPSA) is 248 Å². The molecule has 0 saturated heterocycles. The third-order valence-corrected chi connectivity index (χ3v) is 11.7. The van der Waals surface area contributed by atoms with Crippen LogP contribution in [-0.4, -0.2) is 112 Å². The first kappa shape index (κ1) is 67.2. The first-order chi connectivity index (χ1) is 34.7. The molecule has 0 amide bonds. The molecule has 0 aromatic rings. The Labute approximate surface area is 429 Å². The summed E-state index contributed by atoms with van der Waals surface area (Å²) in [5.41, 5.74) is -0.475. The van der Waals surface area contributed by atoms with Crippen molar-refractivity contribution in [1.29, 1.82) is 0 Å². The minimum atomic E-state index is -0.825. The monoisotopic (exact) mass is 1030 g/mol. The third kappa shape index (κ3) is 46.3. The number of unbranched alkanes of at least 4 members (excludes halogenated alkanes) is 16. The van der Waals surface area contributed by atoms with Gasteiger partial charge in [0.25, 0.3) is 0 Å². The fourth-order valence-electron chi connectivity index (χ4n) is 6.70. The van der Waals surface area contributed by atoms with Crippen LogP contribution in [-0.2, 0) is 81.0 Å². The minimum Gasteiger partial charge on any atom is -0.481 e. The summed E-state index contributed by atoms with van der Waals surface area (Å²) in [5.74, 6) is -2.90. The highest BCUT2D eigenvalue weighted by atomic mass is 16.6. The lowest BCUT2D eigenvalue weighted by Crippen LogP contribution is -2.26. The molecule has 0 aromatic carbocycles. The molecule has 0 aliphatic heterocycles. The van der Waals surface area contributed by atoms with Gasteiger partial charge in [0.2, 0.25) is 0 Å². The largest absolute Gasteiger partial charge is 0.481 e. The van der Waals surface area contributed by atoms with E-state index in [1.54, 1.807) is 0 Å². The van der Waals surface area contributed by atoms with Crippen LogP contribution < -0.4 is 0 Å². The van der Waals surface area contributed by atoms with Gasteiger partial charge in [-0.3, -0.25) is 43.2 Å². The minimum absolute atomic E-state index is 0.123. The van der Waals surface area contributed by atoms with Gasteiger partial charge in [-0.1, -0.05) is 6.92 Å². The Bertz CT molecular complexity index is 1490. The number of carbonyl (C=O) groups is 9. The zero-order valence-electron chi connectivity index (χ0n) is 44.4. The lowest BCUT2D eigenvalue weighted by molar-refractivity contribution is -0.154. The molecule has 0 aliphatic carbocycles. The Balaban J connectivity index is 3.51. The number of hydrogen-bond donors (Lipinski definition) is 1. The summed E-state index contributed by atoms with van der Waals surface area (Å²) in [6, 6.07) is 0. The summed E-state index contributed by atoms with van der Waals surface area (Å²) in [6.45, 7) is 8.13. The highest BCUT2D eigenvalue weighted by Crippen LogP contribution is 2.21. The average molecular weight is 1030 g/mol. The second-order valence-corrected chi connectivity index (χ2v) is 18.8. The van der Waals surface area contributed by atoms with E-state index < -0.39 is 11.4 Å². The quantitative estimate of drug-likeness (QED) is 0.0338. The second-order valence-electron chi connectivity index (χ2n) is 18.8. The van der Waals surface area contributed by atoms with Crippen molar-refractivity contribution in [2.75, 3.05) is 52.9 Å². The van der Waals surface area contributed by atoms with Crippen molar-refractivity contribution >= 4 is 53.7 Å². The van der Waals surface area contributed by atoms with E-state index in [4.69, 9.17) is 43.0 Å². The predicted octanol–water partition coefficient (Wildman–Crippen LogP) is 10.3. The zero-order valence-corrected chi connectivity index (χ0v) is 44.4. The standard InChI is InChI=1S/C54H92O18/c1-4-54(2,3)53(64)72-44-28-12-20-36-52(63)71-43-27-11-19-35-51(62)70-42-26-10-18-34-50(61)69-41-25-9-17-33-49(60)68-40-24-8-16-32-48(59)67-39-23-7-15-31-47(58)66-38-22-6-14-30-46(57)65-37-21-5-13-29-45(55)56/h4-44H2,1-3H3,(H,55,56). The summed E-state index contributed by atoms with van der Waals surface area (Å²) in [5, 5.41) is 8.61. The second kappa shape index (κ2) is 47.2. The lowest BCUT2D eigenvalue weighted by Gasteiger charge is -2.20. The molecule has 0 aliphatic rings. The van der Waals surface area contributed by atoms with E-state index in [1.807, 2.05) is 20.8 Å². The molecule has 0 saturated carbocycles. The normalized spacial score (nSPS) is 11.0. The Morgan fingerprint density at radius 2 is 0.458 bits per heavy atom. The first-order valence-electron chi connectivity index (χ1n) is 27.1. The van der Waals surface area contributed by atoms with E-state index in [1.165, 1.54) is 0 Å². The van der Waals surface area contributed by atoms with Crippen LogP contribution in [0.25, 0.3) is 0 Å². The Morgan fingerprint density at radius 3 is 0.639 bits per heavy atom. The zero-order chi connectivity index (χ0) is 53.3. The molecule has 0 atom stereocenters. The van der Waals surface area contributed by atoms with E-state index in [0.29, 0.717) is 194 Å². The number of hydrogen-bond acceptors (Lipinski definition) is 17. The van der Waals surface area contributed by atoms with Crippen LogP contribution in [0.3, 0.4) is 0 Å². The molecule has 0 rings (SSSR count). The number of aliphatic carboxylic acids is 1. The van der Waals surface area contributed by atoms with Gasteiger partial charge in [-0.15, -0.1) is 0 Å². The molecule has 0 fully saturated rings. The summed E-state index contributed by atoms with van der Waals surface area (Å²) >= 11 is 0. The number of rotatable bonds is 50. The first-order valence-corrected chi connectivity index (χ1v) is 27.1. The van der Waals surface area contributed by atoms with E-state index in [9.17, 15) is 43.2 Å². The van der Waals surface area contributed by atoms with Crippen molar-refractivity contribution in [1.82, 2.24) is 0 Å². The molecule has 1 N–H and O–H groups in total. The molecular weight excluding hydrogens is 937 g/mol. The SMILES string of the molecule is CCC(C)(C)C(=O)OCCCCCC(=O)OCCCCCC(=O)OCCCCCC(=O)OCCCCCC(=O)OCCCCCC(=O)OCCCCCC(=O)OCCCCCC(=O)OCCCCCC(=O)O. The summed E-state index contributed by atoms with van der Waals surface area (Å²) in [7, 11) is 0. The smallest absolute Gasteiger partial charge is 0.311 e. The molecule has 18 nitrogen and oxygen atoms in total. The van der Waals surface area contributed by atoms with E-state index in [2.05, 4.69) is 0 Å². The number of carboxylic acids is 1. The molecule has 0 radical (unpaired) electrons. The molecule has 18 heteroatoms. The maximum Gasteiger partial charge on any atom is 0.311 e. The number of carbonyl (C=O) groups excluding carboxylic acids is 8. The van der Waals surface area contributed by atoms with Gasteiger partial charge in [-0.2, -0.15) is 0 Å². The van der Waals surface area contributed by atoms with Gasteiger partial charge in [0.15, 0.2) is 0 Å². The molecule has 0 spiro atoms. The maximum atomic E-state index is 12.0. The van der Waals surface area contributed by atoms with Crippen molar-refractivity contribution < 1.29 is 86.2 Å². The predicted molar refractivity (Wildman–Crippen MR) is 267 cm³/mol. The van der Waals surface area contributed by atoms with Crippen LogP contribution in [0.15, 0.2) is 0 Å². The van der Waals surface area contributed by atoms with Crippen molar-refractivity contribution in [3.8, 4) is 0 Å².